The summed E-state index contributed by atoms with van der Waals surface area (Å²) in [4.78, 5) is 0. The molecule has 0 amide bonds. The van der Waals surface area contributed by atoms with Gasteiger partial charge in [0.25, 0.3) is 0 Å². The SMILES string of the molecule is CN(Cc1ccccc1)S(=O)(=O)CS(=O)(=O)N(C)Cc1ccccc1. The van der Waals surface area contributed by atoms with Gasteiger partial charge in [-0.2, -0.15) is 8.61 Å². The molecule has 0 N–H and O–H groups in total. The second-order valence-electron chi connectivity index (χ2n) is 5.82. The van der Waals surface area contributed by atoms with Gasteiger partial charge in [0.05, 0.1) is 0 Å². The summed E-state index contributed by atoms with van der Waals surface area (Å²) in [6.07, 6.45) is 0. The third-order valence-electron chi connectivity index (χ3n) is 3.74. The summed E-state index contributed by atoms with van der Waals surface area (Å²) in [6, 6.07) is 18.1. The zero-order valence-electron chi connectivity index (χ0n) is 14.2. The number of rotatable bonds is 8. The second-order valence-corrected chi connectivity index (χ2v) is 10.3. The van der Waals surface area contributed by atoms with Crippen molar-refractivity contribution in [3.63, 3.8) is 0 Å². The Kier molecular flexibility index (Phi) is 6.34. The van der Waals surface area contributed by atoms with Gasteiger partial charge in [0, 0.05) is 27.2 Å². The molecule has 2 aromatic rings. The Morgan fingerprint density at radius 2 is 0.960 bits per heavy atom. The smallest absolute Gasteiger partial charge is 0.211 e. The van der Waals surface area contributed by atoms with Crippen molar-refractivity contribution in [1.82, 2.24) is 8.61 Å². The number of benzene rings is 2. The molecule has 0 bridgehead atoms. The van der Waals surface area contributed by atoms with Crippen LogP contribution in [0.4, 0.5) is 0 Å². The third-order valence-corrected chi connectivity index (χ3v) is 8.28. The zero-order chi connectivity index (χ0) is 18.5. The number of hydrogen-bond donors (Lipinski definition) is 0. The molecule has 0 aromatic heterocycles. The van der Waals surface area contributed by atoms with Crippen molar-refractivity contribution in [1.29, 1.82) is 0 Å². The van der Waals surface area contributed by atoms with Gasteiger partial charge in [-0.1, -0.05) is 60.7 Å². The van der Waals surface area contributed by atoms with Crippen LogP contribution in [-0.2, 0) is 33.1 Å². The average molecular weight is 383 g/mol. The van der Waals surface area contributed by atoms with E-state index in [1.54, 1.807) is 48.5 Å². The molecule has 136 valence electrons. The first-order valence-electron chi connectivity index (χ1n) is 7.66. The summed E-state index contributed by atoms with van der Waals surface area (Å²) in [6.45, 7) is 0.252. The lowest BCUT2D eigenvalue weighted by atomic mass is 10.2. The van der Waals surface area contributed by atoms with Gasteiger partial charge >= 0.3 is 0 Å². The van der Waals surface area contributed by atoms with Crippen LogP contribution in [0.15, 0.2) is 60.7 Å². The van der Waals surface area contributed by atoms with Gasteiger partial charge in [0.1, 0.15) is 0 Å². The normalized spacial score (nSPS) is 12.6. The Morgan fingerprint density at radius 1 is 0.640 bits per heavy atom. The van der Waals surface area contributed by atoms with E-state index in [1.807, 2.05) is 12.1 Å². The molecule has 0 spiro atoms. The van der Waals surface area contributed by atoms with Gasteiger partial charge < -0.3 is 0 Å². The van der Waals surface area contributed by atoms with E-state index in [-0.39, 0.29) is 13.1 Å². The molecular weight excluding hydrogens is 360 g/mol. The molecule has 25 heavy (non-hydrogen) atoms. The fraction of sp³-hybridized carbons (Fsp3) is 0.294. The molecule has 6 nitrogen and oxygen atoms in total. The summed E-state index contributed by atoms with van der Waals surface area (Å²) >= 11 is 0. The molecule has 0 radical (unpaired) electrons. The number of hydrogen-bond acceptors (Lipinski definition) is 4. The Morgan fingerprint density at radius 3 is 1.28 bits per heavy atom. The van der Waals surface area contributed by atoms with Crippen molar-refractivity contribution >= 4 is 20.0 Å². The van der Waals surface area contributed by atoms with E-state index >= 15 is 0 Å². The minimum atomic E-state index is -3.95. The highest BCUT2D eigenvalue weighted by Gasteiger charge is 2.29. The summed E-state index contributed by atoms with van der Waals surface area (Å²) in [5.41, 5.74) is 1.59. The fourth-order valence-electron chi connectivity index (χ4n) is 2.25. The molecule has 0 aliphatic carbocycles. The molecule has 0 saturated heterocycles. The van der Waals surface area contributed by atoms with Crippen LogP contribution in [0.2, 0.25) is 0 Å². The van der Waals surface area contributed by atoms with Gasteiger partial charge in [0.2, 0.25) is 20.0 Å². The monoisotopic (exact) mass is 382 g/mol. The first kappa shape index (κ1) is 19.6. The lowest BCUT2D eigenvalue weighted by molar-refractivity contribution is 0.456. The van der Waals surface area contributed by atoms with E-state index in [0.29, 0.717) is 0 Å². The van der Waals surface area contributed by atoms with Crippen molar-refractivity contribution < 1.29 is 16.8 Å². The fourth-order valence-corrected chi connectivity index (χ4v) is 5.88. The van der Waals surface area contributed by atoms with Gasteiger partial charge in [-0.05, 0) is 11.1 Å². The van der Waals surface area contributed by atoms with Gasteiger partial charge in [-0.3, -0.25) is 0 Å². The molecule has 2 aromatic carbocycles. The molecule has 0 aliphatic heterocycles. The molecule has 0 unspecified atom stereocenters. The summed E-state index contributed by atoms with van der Waals surface area (Å²) in [7, 11) is -5.13. The highest BCUT2D eigenvalue weighted by molar-refractivity contribution is 8.05. The Labute approximate surface area is 149 Å². The van der Waals surface area contributed by atoms with Crippen molar-refractivity contribution in [2.24, 2.45) is 0 Å². The van der Waals surface area contributed by atoms with Crippen LogP contribution in [0.25, 0.3) is 0 Å². The lowest BCUT2D eigenvalue weighted by Gasteiger charge is -2.21. The molecular formula is C17H22N2O4S2. The maximum atomic E-state index is 12.4. The van der Waals surface area contributed by atoms with Crippen molar-refractivity contribution in [3.05, 3.63) is 71.8 Å². The van der Waals surface area contributed by atoms with E-state index in [2.05, 4.69) is 0 Å². The zero-order valence-corrected chi connectivity index (χ0v) is 15.9. The molecule has 0 aliphatic rings. The van der Waals surface area contributed by atoms with Crippen LogP contribution in [0.1, 0.15) is 11.1 Å². The van der Waals surface area contributed by atoms with Crippen molar-refractivity contribution in [2.75, 3.05) is 19.2 Å². The van der Waals surface area contributed by atoms with Crippen LogP contribution in [0, 0.1) is 0 Å². The van der Waals surface area contributed by atoms with E-state index in [9.17, 15) is 16.8 Å². The first-order chi connectivity index (χ1) is 11.7. The number of nitrogens with zero attached hydrogens (tertiary/aromatic N) is 2. The largest absolute Gasteiger partial charge is 0.230 e. The molecule has 0 saturated carbocycles. The van der Waals surface area contributed by atoms with Crippen LogP contribution in [0.5, 0.6) is 0 Å². The van der Waals surface area contributed by atoms with Gasteiger partial charge in [0.15, 0.2) is 5.08 Å². The second kappa shape index (κ2) is 8.09. The highest BCUT2D eigenvalue weighted by Crippen LogP contribution is 2.13. The number of sulfonamides is 2. The minimum Gasteiger partial charge on any atom is -0.211 e. The molecule has 8 heteroatoms. The minimum absolute atomic E-state index is 0.126. The van der Waals surface area contributed by atoms with Crippen molar-refractivity contribution in [2.45, 2.75) is 13.1 Å². The summed E-state index contributed by atoms with van der Waals surface area (Å²) in [5, 5.41) is -0.952. The highest BCUT2D eigenvalue weighted by atomic mass is 32.3. The molecule has 0 atom stereocenters. The average Bonchev–Trinajstić information content (AvgIpc) is 2.55. The first-order valence-corrected chi connectivity index (χ1v) is 10.9. The Balaban J connectivity index is 2.06. The maximum absolute atomic E-state index is 12.4. The maximum Gasteiger partial charge on any atom is 0.230 e. The molecule has 2 rings (SSSR count). The third kappa shape index (κ3) is 5.64. The summed E-state index contributed by atoms with van der Waals surface area (Å²) in [5.74, 6) is 0. The van der Waals surface area contributed by atoms with Crippen LogP contribution in [-0.4, -0.2) is 44.6 Å². The van der Waals surface area contributed by atoms with Gasteiger partial charge in [-0.15, -0.1) is 0 Å². The predicted molar refractivity (Wildman–Crippen MR) is 98.5 cm³/mol. The standard InChI is InChI=1S/C17H22N2O4S2/c1-18(13-16-9-5-3-6-10-16)24(20,21)15-25(22,23)19(2)14-17-11-7-4-8-12-17/h3-12H,13-15H2,1-2H3. The Hall–Kier alpha value is -1.74. The van der Waals surface area contributed by atoms with E-state index in [0.717, 1.165) is 19.7 Å². The quantitative estimate of drug-likeness (QED) is 0.698. The lowest BCUT2D eigenvalue weighted by Crippen LogP contribution is -2.37. The van der Waals surface area contributed by atoms with Gasteiger partial charge in [-0.25, -0.2) is 16.8 Å². The molecule has 0 heterocycles. The van der Waals surface area contributed by atoms with Crippen LogP contribution in [0.3, 0.4) is 0 Å². The Bertz CT molecular complexity index is 807. The van der Waals surface area contributed by atoms with E-state index < -0.39 is 25.1 Å². The topological polar surface area (TPSA) is 74.8 Å². The predicted octanol–water partition coefficient (Wildman–Crippen LogP) is 1.87. The van der Waals surface area contributed by atoms with Crippen LogP contribution >= 0.6 is 0 Å². The summed E-state index contributed by atoms with van der Waals surface area (Å²) < 4.78 is 51.8. The van der Waals surface area contributed by atoms with Crippen molar-refractivity contribution in [3.8, 4) is 0 Å². The van der Waals surface area contributed by atoms with E-state index in [1.165, 1.54) is 14.1 Å². The van der Waals surface area contributed by atoms with Crippen LogP contribution < -0.4 is 0 Å². The van der Waals surface area contributed by atoms with E-state index in [4.69, 9.17) is 0 Å². The molecule has 0 fully saturated rings.